The number of nitrogens with two attached hydrogens (primary N) is 1. The molecule has 0 fully saturated rings. The highest BCUT2D eigenvalue weighted by atomic mass is 16.5. The van der Waals surface area contributed by atoms with Gasteiger partial charge in [-0.1, -0.05) is 6.92 Å². The normalized spacial score (nSPS) is 9.27. The maximum atomic E-state index is 10.7. The summed E-state index contributed by atoms with van der Waals surface area (Å²) in [5.74, 6) is 0. The lowest BCUT2D eigenvalue weighted by atomic mass is 10.4. The predicted octanol–water partition coefficient (Wildman–Crippen LogP) is 0.471. The molecule has 0 heterocycles. The number of carbonyl (C=O) groups excluding carboxylic acids is 1. The first kappa shape index (κ1) is 10.2. The van der Waals surface area contributed by atoms with Crippen LogP contribution in [0.4, 0.5) is 4.79 Å². The highest BCUT2D eigenvalue weighted by Gasteiger charge is 1.97. The third-order valence-corrected chi connectivity index (χ3v) is 1.09. The quantitative estimate of drug-likeness (QED) is 0.575. The molecule has 1 amide bonds. The van der Waals surface area contributed by atoms with Gasteiger partial charge in [0, 0.05) is 6.54 Å². The second kappa shape index (κ2) is 7.34. The lowest BCUT2D eigenvalue weighted by Gasteiger charge is -2.03. The number of alkyl carbamates (subject to hydrolysis) is 1. The van der Waals surface area contributed by atoms with Gasteiger partial charge in [0.1, 0.15) is 0 Å². The van der Waals surface area contributed by atoms with E-state index >= 15 is 0 Å². The lowest BCUT2D eigenvalue weighted by molar-refractivity contribution is 0.146. The Labute approximate surface area is 67.1 Å². The fourth-order valence-electron chi connectivity index (χ4n) is 0.538. The van der Waals surface area contributed by atoms with Crippen LogP contribution in [0.25, 0.3) is 0 Å². The van der Waals surface area contributed by atoms with Gasteiger partial charge in [0.05, 0.1) is 6.61 Å². The number of carbonyl (C=O) groups is 1. The van der Waals surface area contributed by atoms with Crippen molar-refractivity contribution < 1.29 is 9.53 Å². The lowest BCUT2D eigenvalue weighted by Crippen LogP contribution is -2.26. The SMILES string of the molecule is CCCOC(=O)NCCCN. The molecular weight excluding hydrogens is 144 g/mol. The smallest absolute Gasteiger partial charge is 0.407 e. The molecular formula is C7H16N2O2. The second-order valence-electron chi connectivity index (χ2n) is 2.20. The van der Waals surface area contributed by atoms with Gasteiger partial charge in [-0.25, -0.2) is 4.79 Å². The number of rotatable bonds is 5. The first-order valence-electron chi connectivity index (χ1n) is 3.92. The molecule has 4 nitrogen and oxygen atoms in total. The molecule has 3 N–H and O–H groups in total. The first-order valence-corrected chi connectivity index (χ1v) is 3.92. The van der Waals surface area contributed by atoms with Crippen LogP contribution in [0.3, 0.4) is 0 Å². The molecule has 0 aliphatic heterocycles. The standard InChI is InChI=1S/C7H16N2O2/c1-2-6-11-7(10)9-5-3-4-8/h2-6,8H2,1H3,(H,9,10). The van der Waals surface area contributed by atoms with E-state index in [4.69, 9.17) is 10.5 Å². The Morgan fingerprint density at radius 3 is 2.91 bits per heavy atom. The van der Waals surface area contributed by atoms with Gasteiger partial charge in [0.2, 0.25) is 0 Å². The summed E-state index contributed by atoms with van der Waals surface area (Å²) in [6, 6.07) is 0. The largest absolute Gasteiger partial charge is 0.450 e. The summed E-state index contributed by atoms with van der Waals surface area (Å²) in [4.78, 5) is 10.7. The van der Waals surface area contributed by atoms with Crippen molar-refractivity contribution in [3.05, 3.63) is 0 Å². The minimum Gasteiger partial charge on any atom is -0.450 e. The zero-order valence-corrected chi connectivity index (χ0v) is 6.93. The fraction of sp³-hybridized carbons (Fsp3) is 0.857. The van der Waals surface area contributed by atoms with E-state index in [1.807, 2.05) is 6.92 Å². The van der Waals surface area contributed by atoms with Crippen LogP contribution >= 0.6 is 0 Å². The van der Waals surface area contributed by atoms with Crippen LogP contribution in [0.15, 0.2) is 0 Å². The molecule has 0 aliphatic carbocycles. The van der Waals surface area contributed by atoms with E-state index in [-0.39, 0.29) is 6.09 Å². The number of ether oxygens (including phenoxy) is 1. The van der Waals surface area contributed by atoms with Crippen molar-refractivity contribution in [2.75, 3.05) is 19.7 Å². The maximum Gasteiger partial charge on any atom is 0.407 e. The average molecular weight is 160 g/mol. The fourth-order valence-corrected chi connectivity index (χ4v) is 0.538. The number of amides is 1. The molecule has 0 aromatic carbocycles. The third-order valence-electron chi connectivity index (χ3n) is 1.09. The monoisotopic (exact) mass is 160 g/mol. The molecule has 66 valence electrons. The third kappa shape index (κ3) is 7.12. The van der Waals surface area contributed by atoms with E-state index < -0.39 is 0 Å². The van der Waals surface area contributed by atoms with Gasteiger partial charge >= 0.3 is 6.09 Å². The van der Waals surface area contributed by atoms with Crippen molar-refractivity contribution in [1.29, 1.82) is 0 Å². The van der Waals surface area contributed by atoms with E-state index in [2.05, 4.69) is 5.32 Å². The molecule has 0 aromatic rings. The van der Waals surface area contributed by atoms with Crippen molar-refractivity contribution in [2.24, 2.45) is 5.73 Å². The van der Waals surface area contributed by atoms with Gasteiger partial charge in [0.25, 0.3) is 0 Å². The minimum atomic E-state index is -0.347. The van der Waals surface area contributed by atoms with Crippen molar-refractivity contribution in [3.8, 4) is 0 Å². The van der Waals surface area contributed by atoms with E-state index in [0.717, 1.165) is 12.8 Å². The molecule has 11 heavy (non-hydrogen) atoms. The van der Waals surface area contributed by atoms with Crippen molar-refractivity contribution in [3.63, 3.8) is 0 Å². The summed E-state index contributed by atoms with van der Waals surface area (Å²) in [7, 11) is 0. The van der Waals surface area contributed by atoms with Crippen LogP contribution in [-0.4, -0.2) is 25.8 Å². The van der Waals surface area contributed by atoms with E-state index in [0.29, 0.717) is 19.7 Å². The molecule has 0 aromatic heterocycles. The average Bonchev–Trinajstić information content (AvgIpc) is 2.01. The molecule has 0 bridgehead atoms. The highest BCUT2D eigenvalue weighted by molar-refractivity contribution is 5.66. The van der Waals surface area contributed by atoms with E-state index in [9.17, 15) is 4.79 Å². The molecule has 0 spiro atoms. The molecule has 0 rings (SSSR count). The zero-order valence-electron chi connectivity index (χ0n) is 6.93. The summed E-state index contributed by atoms with van der Waals surface area (Å²) in [6.07, 6.45) is 1.30. The van der Waals surface area contributed by atoms with Crippen LogP contribution in [-0.2, 0) is 4.74 Å². The summed E-state index contributed by atoms with van der Waals surface area (Å²) in [5.41, 5.74) is 5.22. The summed E-state index contributed by atoms with van der Waals surface area (Å²) >= 11 is 0. The Kier molecular flexibility index (Phi) is 6.82. The molecule has 0 atom stereocenters. The highest BCUT2D eigenvalue weighted by Crippen LogP contribution is 1.81. The van der Waals surface area contributed by atoms with Gasteiger partial charge in [-0.2, -0.15) is 0 Å². The van der Waals surface area contributed by atoms with Crippen LogP contribution < -0.4 is 11.1 Å². The molecule has 0 radical (unpaired) electrons. The number of nitrogens with one attached hydrogen (secondary N) is 1. The Hall–Kier alpha value is -0.770. The summed E-state index contributed by atoms with van der Waals surface area (Å²) < 4.78 is 4.75. The Bertz CT molecular complexity index is 107. The summed E-state index contributed by atoms with van der Waals surface area (Å²) in [5, 5.41) is 2.58. The Morgan fingerprint density at radius 1 is 1.64 bits per heavy atom. The van der Waals surface area contributed by atoms with E-state index in [1.165, 1.54) is 0 Å². The van der Waals surface area contributed by atoms with Crippen molar-refractivity contribution in [1.82, 2.24) is 5.32 Å². The Balaban J connectivity index is 3.09. The first-order chi connectivity index (χ1) is 5.31. The van der Waals surface area contributed by atoms with Crippen LogP contribution in [0.2, 0.25) is 0 Å². The molecule has 0 unspecified atom stereocenters. The van der Waals surface area contributed by atoms with Crippen molar-refractivity contribution in [2.45, 2.75) is 19.8 Å². The second-order valence-corrected chi connectivity index (χ2v) is 2.20. The van der Waals surface area contributed by atoms with E-state index in [1.54, 1.807) is 0 Å². The Morgan fingerprint density at radius 2 is 2.36 bits per heavy atom. The number of hydrogen-bond donors (Lipinski definition) is 2. The van der Waals surface area contributed by atoms with Gasteiger partial charge in [-0.05, 0) is 19.4 Å². The van der Waals surface area contributed by atoms with Crippen molar-refractivity contribution >= 4 is 6.09 Å². The van der Waals surface area contributed by atoms with Crippen LogP contribution in [0.5, 0.6) is 0 Å². The van der Waals surface area contributed by atoms with Gasteiger partial charge in [0.15, 0.2) is 0 Å². The van der Waals surface area contributed by atoms with Gasteiger partial charge in [-0.3, -0.25) is 0 Å². The predicted molar refractivity (Wildman–Crippen MR) is 43.3 cm³/mol. The minimum absolute atomic E-state index is 0.347. The molecule has 4 heteroatoms. The topological polar surface area (TPSA) is 64.3 Å². The molecule has 0 saturated carbocycles. The maximum absolute atomic E-state index is 10.7. The van der Waals surface area contributed by atoms with Gasteiger partial charge in [-0.15, -0.1) is 0 Å². The van der Waals surface area contributed by atoms with Crippen LogP contribution in [0.1, 0.15) is 19.8 Å². The zero-order chi connectivity index (χ0) is 8.53. The van der Waals surface area contributed by atoms with Gasteiger partial charge < -0.3 is 15.8 Å². The summed E-state index contributed by atoms with van der Waals surface area (Å²) in [6.45, 7) is 3.62. The molecule has 0 aliphatic rings. The number of hydrogen-bond acceptors (Lipinski definition) is 3. The molecule has 0 saturated heterocycles. The van der Waals surface area contributed by atoms with Crippen LogP contribution in [0, 0.1) is 0 Å².